The van der Waals surface area contributed by atoms with Crippen LogP contribution >= 0.6 is 0 Å². The average Bonchev–Trinajstić information content (AvgIpc) is 2.81. The van der Waals surface area contributed by atoms with Gasteiger partial charge in [-0.1, -0.05) is 0 Å². The third-order valence-corrected chi connectivity index (χ3v) is 2.57. The molecular weight excluding hydrogens is 238 g/mol. The van der Waals surface area contributed by atoms with Gasteiger partial charge in [-0.05, 0) is 23.8 Å². The van der Waals surface area contributed by atoms with Crippen LogP contribution in [0.4, 0.5) is 11.6 Å². The second-order valence-electron chi connectivity index (χ2n) is 3.89. The van der Waals surface area contributed by atoms with Crippen LogP contribution in [0.2, 0.25) is 0 Å². The predicted molar refractivity (Wildman–Crippen MR) is 63.2 cm³/mol. The van der Waals surface area contributed by atoms with Gasteiger partial charge in [0.25, 0.3) is 0 Å². The molecule has 0 amide bonds. The second-order valence-corrected chi connectivity index (χ2v) is 3.89. The highest BCUT2D eigenvalue weighted by atomic mass is 16.6. The molecule has 1 N–H and O–H groups in total. The molecule has 0 aromatic carbocycles. The number of imidazole rings is 1. The van der Waals surface area contributed by atoms with Crippen molar-refractivity contribution in [3.05, 3.63) is 33.8 Å². The lowest BCUT2D eigenvalue weighted by Gasteiger charge is -2.03. The van der Waals surface area contributed by atoms with E-state index in [-0.39, 0.29) is 12.4 Å². The minimum atomic E-state index is -0.533. The van der Waals surface area contributed by atoms with E-state index in [9.17, 15) is 10.1 Å². The molecule has 0 saturated carbocycles. The molecule has 8 heteroatoms. The third-order valence-electron chi connectivity index (χ3n) is 2.57. The molecule has 0 atom stereocenters. The maximum atomic E-state index is 10.8. The number of nitrogens with zero attached hydrogens (tertiary/aromatic N) is 4. The lowest BCUT2D eigenvalue weighted by molar-refractivity contribution is -0.388. The Morgan fingerprint density at radius 3 is 2.83 bits per heavy atom. The van der Waals surface area contributed by atoms with Gasteiger partial charge < -0.3 is 19.8 Å². The van der Waals surface area contributed by atoms with Gasteiger partial charge in [0.15, 0.2) is 0 Å². The van der Waals surface area contributed by atoms with Gasteiger partial charge in [0.1, 0.15) is 5.76 Å². The predicted octanol–water partition coefficient (Wildman–Crippen LogP) is 1.55. The number of aryl methyl sites for hydroxylation is 3. The highest BCUT2D eigenvalue weighted by Gasteiger charge is 2.20. The van der Waals surface area contributed by atoms with Crippen molar-refractivity contribution >= 4 is 11.6 Å². The fraction of sp³-hybridized carbons (Fsp3) is 0.400. The Morgan fingerprint density at radius 1 is 1.56 bits per heavy atom. The van der Waals surface area contributed by atoms with Crippen molar-refractivity contribution in [3.8, 4) is 0 Å². The quantitative estimate of drug-likeness (QED) is 0.653. The molecule has 18 heavy (non-hydrogen) atoms. The molecule has 96 valence electrons. The summed E-state index contributed by atoms with van der Waals surface area (Å²) in [5.41, 5.74) is 0.811. The van der Waals surface area contributed by atoms with Gasteiger partial charge in [-0.3, -0.25) is 4.57 Å². The molecule has 0 aliphatic heterocycles. The summed E-state index contributed by atoms with van der Waals surface area (Å²) >= 11 is 0. The third kappa shape index (κ3) is 2.17. The summed E-state index contributed by atoms with van der Waals surface area (Å²) in [6.07, 6.45) is 1.38. The fourth-order valence-corrected chi connectivity index (χ4v) is 1.53. The summed E-state index contributed by atoms with van der Waals surface area (Å²) in [5, 5.41) is 13.7. The van der Waals surface area contributed by atoms with E-state index in [2.05, 4.69) is 15.3 Å². The van der Waals surface area contributed by atoms with Gasteiger partial charge in [-0.2, -0.15) is 0 Å². The number of rotatable bonds is 4. The van der Waals surface area contributed by atoms with Crippen LogP contribution in [0, 0.1) is 24.0 Å². The molecular formula is C10H13N5O3. The largest absolute Gasteiger partial charge is 0.444 e. The number of oxazole rings is 1. The van der Waals surface area contributed by atoms with Gasteiger partial charge in [-0.25, -0.2) is 4.98 Å². The molecule has 0 spiro atoms. The Hall–Kier alpha value is -2.38. The van der Waals surface area contributed by atoms with Crippen LogP contribution < -0.4 is 5.32 Å². The Bertz CT molecular complexity index is 567. The first-order chi connectivity index (χ1) is 8.49. The minimum absolute atomic E-state index is 0.211. The van der Waals surface area contributed by atoms with Crippen LogP contribution in [0.25, 0.3) is 0 Å². The first kappa shape index (κ1) is 12.1. The summed E-state index contributed by atoms with van der Waals surface area (Å²) in [4.78, 5) is 18.1. The van der Waals surface area contributed by atoms with Crippen molar-refractivity contribution in [3.63, 3.8) is 0 Å². The first-order valence-electron chi connectivity index (χ1n) is 5.31. The fourth-order valence-electron chi connectivity index (χ4n) is 1.53. The van der Waals surface area contributed by atoms with E-state index in [1.165, 1.54) is 6.33 Å². The Balaban J connectivity index is 2.15. The van der Waals surface area contributed by atoms with Gasteiger partial charge in [0, 0.05) is 7.05 Å². The van der Waals surface area contributed by atoms with Crippen LogP contribution in [-0.2, 0) is 13.6 Å². The van der Waals surface area contributed by atoms with Gasteiger partial charge >= 0.3 is 5.82 Å². The molecule has 2 rings (SSSR count). The zero-order valence-corrected chi connectivity index (χ0v) is 10.3. The van der Waals surface area contributed by atoms with Crippen LogP contribution in [0.5, 0.6) is 0 Å². The van der Waals surface area contributed by atoms with Crippen molar-refractivity contribution in [1.29, 1.82) is 0 Å². The van der Waals surface area contributed by atoms with Crippen molar-refractivity contribution < 1.29 is 9.34 Å². The van der Waals surface area contributed by atoms with Crippen LogP contribution in [0.1, 0.15) is 17.3 Å². The molecule has 8 nitrogen and oxygen atoms in total. The highest BCUT2D eigenvalue weighted by Crippen LogP contribution is 2.21. The summed E-state index contributed by atoms with van der Waals surface area (Å²) in [6.45, 7) is 3.93. The minimum Gasteiger partial charge on any atom is -0.444 e. The molecule has 2 aromatic heterocycles. The zero-order valence-electron chi connectivity index (χ0n) is 10.3. The van der Waals surface area contributed by atoms with E-state index in [1.807, 2.05) is 13.8 Å². The van der Waals surface area contributed by atoms with Crippen molar-refractivity contribution in [2.24, 2.45) is 7.05 Å². The number of hydrogen-bond donors (Lipinski definition) is 1. The van der Waals surface area contributed by atoms with Gasteiger partial charge in [0.05, 0.1) is 12.2 Å². The SMILES string of the molecule is Cc1nc(CNc2c([N+](=O)[O-])ncn2C)oc1C. The summed E-state index contributed by atoms with van der Waals surface area (Å²) in [5.74, 6) is 1.35. The Morgan fingerprint density at radius 2 is 2.28 bits per heavy atom. The van der Waals surface area contributed by atoms with Crippen molar-refractivity contribution in [2.75, 3.05) is 5.32 Å². The molecule has 0 fully saturated rings. The monoisotopic (exact) mass is 251 g/mol. The molecule has 0 bridgehead atoms. The summed E-state index contributed by atoms with van der Waals surface area (Å²) in [7, 11) is 1.67. The molecule has 0 aliphatic rings. The number of nitrogens with one attached hydrogen (secondary N) is 1. The lowest BCUT2D eigenvalue weighted by atomic mass is 10.4. The van der Waals surface area contributed by atoms with Crippen LogP contribution in [0.3, 0.4) is 0 Å². The number of anilines is 1. The van der Waals surface area contributed by atoms with Crippen molar-refractivity contribution in [2.45, 2.75) is 20.4 Å². The summed E-state index contributed by atoms with van der Waals surface area (Å²) < 4.78 is 6.92. The maximum absolute atomic E-state index is 10.8. The van der Waals surface area contributed by atoms with E-state index < -0.39 is 4.92 Å². The molecule has 0 unspecified atom stereocenters. The number of hydrogen-bond acceptors (Lipinski definition) is 6. The maximum Gasteiger partial charge on any atom is 0.406 e. The van der Waals surface area contributed by atoms with E-state index in [1.54, 1.807) is 11.6 Å². The Labute approximate surface area is 103 Å². The lowest BCUT2D eigenvalue weighted by Crippen LogP contribution is -2.06. The highest BCUT2D eigenvalue weighted by molar-refractivity contribution is 5.51. The smallest absolute Gasteiger partial charge is 0.406 e. The number of aromatic nitrogens is 3. The Kier molecular flexibility index (Phi) is 3.00. The van der Waals surface area contributed by atoms with Crippen LogP contribution in [-0.4, -0.2) is 19.5 Å². The summed E-state index contributed by atoms with van der Waals surface area (Å²) in [6, 6.07) is 0. The molecule has 0 saturated heterocycles. The number of nitro groups is 1. The molecule has 2 aromatic rings. The normalized spacial score (nSPS) is 10.6. The van der Waals surface area contributed by atoms with E-state index in [0.29, 0.717) is 11.7 Å². The van der Waals surface area contributed by atoms with E-state index in [0.717, 1.165) is 11.5 Å². The van der Waals surface area contributed by atoms with Crippen molar-refractivity contribution in [1.82, 2.24) is 14.5 Å². The topological polar surface area (TPSA) is 99.0 Å². The second kappa shape index (κ2) is 4.47. The standard InChI is InChI=1S/C10H13N5O3/c1-6-7(2)18-8(13-6)4-11-9-10(15(16)17)12-5-14(9)3/h5,11H,4H2,1-3H3. The van der Waals surface area contributed by atoms with Gasteiger partial charge in [0.2, 0.25) is 18.0 Å². The zero-order chi connectivity index (χ0) is 13.3. The molecule has 0 radical (unpaired) electrons. The van der Waals surface area contributed by atoms with Gasteiger partial charge in [-0.15, -0.1) is 0 Å². The average molecular weight is 251 g/mol. The van der Waals surface area contributed by atoms with E-state index >= 15 is 0 Å². The van der Waals surface area contributed by atoms with E-state index in [4.69, 9.17) is 4.42 Å². The van der Waals surface area contributed by atoms with Crippen LogP contribution in [0.15, 0.2) is 10.7 Å². The first-order valence-corrected chi connectivity index (χ1v) is 5.31. The molecule has 0 aliphatic carbocycles. The molecule has 2 heterocycles.